The molecule has 0 fully saturated rings. The van der Waals surface area contributed by atoms with Crippen LogP contribution in [0.1, 0.15) is 0 Å². The van der Waals surface area contributed by atoms with Gasteiger partial charge in [-0.05, 0) is 17.3 Å². The lowest BCUT2D eigenvalue weighted by Gasteiger charge is -2.01. The van der Waals surface area contributed by atoms with Crippen LogP contribution in [-0.4, -0.2) is 18.5 Å². The van der Waals surface area contributed by atoms with Gasteiger partial charge in [0.05, 0.1) is 5.52 Å². The molecule has 0 aliphatic rings. The van der Waals surface area contributed by atoms with Crippen LogP contribution in [0, 0.1) is 4.91 Å². The highest BCUT2D eigenvalue weighted by atomic mass is 79.9. The van der Waals surface area contributed by atoms with E-state index in [1.807, 2.05) is 0 Å². The summed E-state index contributed by atoms with van der Waals surface area (Å²) in [4.78, 5) is 12.7. The van der Waals surface area contributed by atoms with Gasteiger partial charge in [0, 0.05) is 9.86 Å². The van der Waals surface area contributed by atoms with Gasteiger partial charge in [-0.1, -0.05) is 15.9 Å². The summed E-state index contributed by atoms with van der Waals surface area (Å²) in [6.45, 7) is 0. The Kier molecular flexibility index (Phi) is 2.68. The number of sulfonamides is 1. The number of fused-ring (bicyclic) bond motifs is 1. The number of nitrogens with two attached hydrogens (primary N) is 1. The second kappa shape index (κ2) is 3.79. The lowest BCUT2D eigenvalue weighted by atomic mass is 10.2. The fourth-order valence-electron chi connectivity index (χ4n) is 1.52. The molecule has 0 radical (unpaired) electrons. The van der Waals surface area contributed by atoms with E-state index in [-0.39, 0.29) is 21.5 Å². The Morgan fingerprint density at radius 3 is 2.59 bits per heavy atom. The number of aromatic amines is 1. The van der Waals surface area contributed by atoms with E-state index in [0.29, 0.717) is 4.47 Å². The van der Waals surface area contributed by atoms with Gasteiger partial charge < -0.3 is 10.1 Å². The van der Waals surface area contributed by atoms with E-state index in [4.69, 9.17) is 5.14 Å². The Balaban J connectivity index is 3.02. The van der Waals surface area contributed by atoms with E-state index < -0.39 is 15.9 Å². The van der Waals surface area contributed by atoms with Crippen molar-refractivity contribution < 1.29 is 13.5 Å². The summed E-state index contributed by atoms with van der Waals surface area (Å²) >= 11 is 3.09. The number of nitrogens with one attached hydrogen (secondary N) is 1. The minimum atomic E-state index is -3.98. The summed E-state index contributed by atoms with van der Waals surface area (Å²) in [6, 6.07) is 2.72. The topological polar surface area (TPSA) is 126 Å². The van der Waals surface area contributed by atoms with E-state index in [9.17, 15) is 18.4 Å². The maximum absolute atomic E-state index is 11.4. The number of benzene rings is 1. The van der Waals surface area contributed by atoms with Crippen molar-refractivity contribution in [2.45, 2.75) is 4.90 Å². The highest BCUT2D eigenvalue weighted by Gasteiger charge is 2.20. The molecule has 0 aliphatic heterocycles. The summed E-state index contributed by atoms with van der Waals surface area (Å²) < 4.78 is 23.1. The van der Waals surface area contributed by atoms with Gasteiger partial charge in [-0.25, -0.2) is 13.6 Å². The first-order chi connectivity index (χ1) is 7.84. The minimum Gasteiger partial charge on any atom is -0.493 e. The largest absolute Gasteiger partial charge is 0.493 e. The first-order valence-electron chi connectivity index (χ1n) is 4.25. The Bertz CT molecular complexity index is 722. The second-order valence-electron chi connectivity index (χ2n) is 3.28. The third-order valence-corrected chi connectivity index (χ3v) is 3.58. The van der Waals surface area contributed by atoms with Crippen molar-refractivity contribution >= 4 is 42.5 Å². The highest BCUT2D eigenvalue weighted by Crippen LogP contribution is 2.39. The molecule has 0 aliphatic carbocycles. The number of aromatic nitrogens is 1. The Hall–Kier alpha value is -1.45. The molecule has 1 aromatic heterocycles. The molecule has 2 rings (SSSR count). The number of nitroso groups, excluding NO2 is 1. The number of aromatic hydroxyl groups is 1. The summed E-state index contributed by atoms with van der Waals surface area (Å²) in [5, 5.41) is 17.3. The molecular weight excluding hydrogens is 314 g/mol. The van der Waals surface area contributed by atoms with E-state index in [1.54, 1.807) is 0 Å². The summed E-state index contributed by atoms with van der Waals surface area (Å²) in [6.07, 6.45) is 0. The number of halogens is 1. The Morgan fingerprint density at radius 2 is 2.06 bits per heavy atom. The van der Waals surface area contributed by atoms with Crippen LogP contribution in [0.25, 0.3) is 10.9 Å². The molecule has 9 heteroatoms. The predicted octanol–water partition coefficient (Wildman–Crippen LogP) is 1.68. The number of hydrogen-bond acceptors (Lipinski definition) is 5. The van der Waals surface area contributed by atoms with Crippen molar-refractivity contribution in [3.63, 3.8) is 0 Å². The molecule has 0 atom stereocenters. The first kappa shape index (κ1) is 12.0. The normalized spacial score (nSPS) is 11.9. The molecule has 0 saturated heterocycles. The van der Waals surface area contributed by atoms with Crippen molar-refractivity contribution in [2.75, 3.05) is 0 Å². The van der Waals surface area contributed by atoms with Gasteiger partial charge in [-0.3, -0.25) is 0 Å². The summed E-state index contributed by atoms with van der Waals surface area (Å²) in [5.41, 5.74) is -0.214. The van der Waals surface area contributed by atoms with Crippen LogP contribution < -0.4 is 5.14 Å². The number of rotatable bonds is 2. The molecule has 0 saturated carbocycles. The molecule has 0 spiro atoms. The molecule has 2 aromatic rings. The lowest BCUT2D eigenvalue weighted by Crippen LogP contribution is -2.12. The first-order valence-corrected chi connectivity index (χ1v) is 6.59. The fraction of sp³-hybridized carbons (Fsp3) is 0. The zero-order valence-electron chi connectivity index (χ0n) is 8.14. The van der Waals surface area contributed by atoms with Gasteiger partial charge in [0.1, 0.15) is 4.90 Å². The van der Waals surface area contributed by atoms with Gasteiger partial charge >= 0.3 is 0 Å². The molecule has 0 amide bonds. The highest BCUT2D eigenvalue weighted by molar-refractivity contribution is 9.10. The van der Waals surface area contributed by atoms with Crippen LogP contribution in [0.4, 0.5) is 5.69 Å². The SMILES string of the molecule is NS(=O)(=O)c1cc(Br)cc2c(N=O)c(O)[nH]c12. The molecular formula is C8H6BrN3O4S. The lowest BCUT2D eigenvalue weighted by molar-refractivity contribution is 0.459. The summed E-state index contributed by atoms with van der Waals surface area (Å²) in [5.74, 6) is -0.502. The molecule has 0 unspecified atom stereocenters. The van der Waals surface area contributed by atoms with Crippen LogP contribution in [0.5, 0.6) is 5.88 Å². The number of primary sulfonamides is 1. The molecule has 0 bridgehead atoms. The Labute approximate surface area is 104 Å². The van der Waals surface area contributed by atoms with Gasteiger partial charge in [0.2, 0.25) is 15.9 Å². The Morgan fingerprint density at radius 1 is 1.41 bits per heavy atom. The predicted molar refractivity (Wildman–Crippen MR) is 64.5 cm³/mol. The van der Waals surface area contributed by atoms with Gasteiger partial charge in [0.15, 0.2) is 5.69 Å². The molecule has 17 heavy (non-hydrogen) atoms. The monoisotopic (exact) mass is 319 g/mol. The van der Waals surface area contributed by atoms with E-state index in [0.717, 1.165) is 0 Å². The van der Waals surface area contributed by atoms with Crippen LogP contribution in [0.15, 0.2) is 26.7 Å². The molecule has 4 N–H and O–H groups in total. The van der Waals surface area contributed by atoms with Crippen molar-refractivity contribution in [1.29, 1.82) is 0 Å². The fourth-order valence-corrected chi connectivity index (χ4v) is 2.87. The maximum Gasteiger partial charge on any atom is 0.240 e. The van der Waals surface area contributed by atoms with Crippen LogP contribution in [-0.2, 0) is 10.0 Å². The maximum atomic E-state index is 11.4. The van der Waals surface area contributed by atoms with Crippen LogP contribution in [0.3, 0.4) is 0 Å². The quantitative estimate of drug-likeness (QED) is 0.728. The number of H-pyrrole nitrogens is 1. The molecule has 7 nitrogen and oxygen atoms in total. The minimum absolute atomic E-state index is 0.0443. The average Bonchev–Trinajstić information content (AvgIpc) is 2.50. The van der Waals surface area contributed by atoms with Crippen molar-refractivity contribution in [3.8, 4) is 5.88 Å². The van der Waals surface area contributed by atoms with E-state index in [1.165, 1.54) is 12.1 Å². The van der Waals surface area contributed by atoms with Crippen LogP contribution >= 0.6 is 15.9 Å². The zero-order chi connectivity index (χ0) is 12.8. The average molecular weight is 320 g/mol. The zero-order valence-corrected chi connectivity index (χ0v) is 10.5. The molecule has 1 heterocycles. The third-order valence-electron chi connectivity index (χ3n) is 2.19. The van der Waals surface area contributed by atoms with Crippen molar-refractivity contribution in [3.05, 3.63) is 21.5 Å². The second-order valence-corrected chi connectivity index (χ2v) is 5.73. The molecule has 90 valence electrons. The summed E-state index contributed by atoms with van der Waals surface area (Å²) in [7, 11) is -3.98. The number of nitrogens with zero attached hydrogens (tertiary/aromatic N) is 1. The van der Waals surface area contributed by atoms with Crippen molar-refractivity contribution in [2.24, 2.45) is 10.3 Å². The van der Waals surface area contributed by atoms with E-state index in [2.05, 4.69) is 26.1 Å². The smallest absolute Gasteiger partial charge is 0.240 e. The molecule has 1 aromatic carbocycles. The van der Waals surface area contributed by atoms with Gasteiger partial charge in [0.25, 0.3) is 0 Å². The van der Waals surface area contributed by atoms with Gasteiger partial charge in [-0.2, -0.15) is 0 Å². The third kappa shape index (κ3) is 1.92. The van der Waals surface area contributed by atoms with Crippen LogP contribution in [0.2, 0.25) is 0 Å². The van der Waals surface area contributed by atoms with Gasteiger partial charge in [-0.15, -0.1) is 4.91 Å². The standard InChI is InChI=1S/C8H6BrN3O4S/c9-3-1-4-6(5(2-3)17(10,15)16)11-8(13)7(4)12-14/h1-2,11,13H,(H2,10,15,16). The van der Waals surface area contributed by atoms with E-state index >= 15 is 0 Å². The van der Waals surface area contributed by atoms with Crippen molar-refractivity contribution in [1.82, 2.24) is 4.98 Å². The number of hydrogen-bond donors (Lipinski definition) is 3.